The first-order valence-corrected chi connectivity index (χ1v) is 6.87. The van der Waals surface area contributed by atoms with Crippen LogP contribution in [0.2, 0.25) is 0 Å². The quantitative estimate of drug-likeness (QED) is 0.414. The average Bonchev–Trinajstić information content (AvgIpc) is 2.49. The Hall–Kier alpha value is -1.71. The third-order valence-electron chi connectivity index (χ3n) is 3.41. The van der Waals surface area contributed by atoms with E-state index in [0.29, 0.717) is 11.4 Å². The minimum Gasteiger partial charge on any atom is -0.394 e. The second-order valence-corrected chi connectivity index (χ2v) is 5.15. The number of nitrogens with one attached hydrogen (secondary N) is 2. The van der Waals surface area contributed by atoms with Gasteiger partial charge in [0, 0.05) is 18.3 Å². The van der Waals surface area contributed by atoms with Gasteiger partial charge in [0.1, 0.15) is 24.4 Å². The monoisotopic (exact) mass is 312 g/mol. The zero-order valence-corrected chi connectivity index (χ0v) is 12.0. The van der Waals surface area contributed by atoms with Crippen molar-refractivity contribution in [3.8, 4) is 0 Å². The van der Waals surface area contributed by atoms with Crippen LogP contribution in [0.15, 0.2) is 24.3 Å². The van der Waals surface area contributed by atoms with E-state index in [9.17, 15) is 20.1 Å². The lowest BCUT2D eigenvalue weighted by Gasteiger charge is -2.40. The van der Waals surface area contributed by atoms with Crippen LogP contribution in [0, 0.1) is 0 Å². The van der Waals surface area contributed by atoms with Crippen LogP contribution >= 0.6 is 0 Å². The Kier molecular flexibility index (Phi) is 5.33. The lowest BCUT2D eigenvalue weighted by Crippen LogP contribution is -2.60. The molecule has 1 saturated heterocycles. The number of anilines is 2. The third-order valence-corrected chi connectivity index (χ3v) is 3.41. The fourth-order valence-corrected chi connectivity index (χ4v) is 2.24. The largest absolute Gasteiger partial charge is 0.394 e. The van der Waals surface area contributed by atoms with Gasteiger partial charge >= 0.3 is 0 Å². The predicted molar refractivity (Wildman–Crippen MR) is 78.1 cm³/mol. The van der Waals surface area contributed by atoms with E-state index in [1.807, 2.05) is 0 Å². The maximum absolute atomic E-state index is 10.9. The Morgan fingerprint density at radius 1 is 1.09 bits per heavy atom. The molecule has 6 N–H and O–H groups in total. The first-order chi connectivity index (χ1) is 10.4. The highest BCUT2D eigenvalue weighted by Gasteiger charge is 2.43. The zero-order valence-electron chi connectivity index (χ0n) is 12.0. The van der Waals surface area contributed by atoms with Crippen LogP contribution in [0.25, 0.3) is 0 Å². The molecule has 0 unspecified atom stereocenters. The minimum absolute atomic E-state index is 0.186. The molecule has 0 spiro atoms. The third kappa shape index (κ3) is 3.73. The van der Waals surface area contributed by atoms with Gasteiger partial charge in [0.15, 0.2) is 6.23 Å². The fraction of sp³-hybridized carbons (Fsp3) is 0.500. The van der Waals surface area contributed by atoms with Crippen LogP contribution in [0.4, 0.5) is 11.4 Å². The molecule has 0 radical (unpaired) electrons. The van der Waals surface area contributed by atoms with Crippen molar-refractivity contribution in [3.05, 3.63) is 24.3 Å². The highest BCUT2D eigenvalue weighted by atomic mass is 16.6. The van der Waals surface area contributed by atoms with Crippen molar-refractivity contribution in [2.45, 2.75) is 37.6 Å². The number of amides is 1. The molecular formula is C14H20N2O6. The molecule has 22 heavy (non-hydrogen) atoms. The number of hydrogen-bond acceptors (Lipinski definition) is 7. The predicted octanol–water partition coefficient (Wildman–Crippen LogP) is -1.14. The summed E-state index contributed by atoms with van der Waals surface area (Å²) in [6.45, 7) is 0.921. The van der Waals surface area contributed by atoms with Crippen LogP contribution in [0.1, 0.15) is 6.92 Å². The maximum Gasteiger partial charge on any atom is 0.221 e. The Labute approximate surface area is 127 Å². The minimum atomic E-state index is -1.43. The number of aliphatic hydroxyl groups excluding tert-OH is 4. The van der Waals surface area contributed by atoms with Crippen LogP contribution < -0.4 is 10.6 Å². The van der Waals surface area contributed by atoms with E-state index < -0.39 is 37.3 Å². The summed E-state index contributed by atoms with van der Waals surface area (Å²) in [7, 11) is 0. The number of rotatable bonds is 4. The van der Waals surface area contributed by atoms with Gasteiger partial charge in [0.2, 0.25) is 5.91 Å². The molecule has 0 aromatic heterocycles. The highest BCUT2D eigenvalue weighted by molar-refractivity contribution is 5.88. The summed E-state index contributed by atoms with van der Waals surface area (Å²) in [4.78, 5) is 10.9. The normalized spacial score (nSPS) is 31.6. The van der Waals surface area contributed by atoms with Gasteiger partial charge in [-0.25, -0.2) is 0 Å². The molecule has 1 amide bonds. The van der Waals surface area contributed by atoms with Gasteiger partial charge in [-0.1, -0.05) is 0 Å². The molecule has 1 aromatic rings. The molecule has 1 heterocycles. The Bertz CT molecular complexity index is 507. The first kappa shape index (κ1) is 16.7. The molecule has 8 heteroatoms. The number of ether oxygens (including phenoxy) is 1. The molecule has 122 valence electrons. The number of hydrogen-bond donors (Lipinski definition) is 6. The van der Waals surface area contributed by atoms with Crippen LogP contribution in [-0.4, -0.2) is 63.6 Å². The van der Waals surface area contributed by atoms with E-state index in [4.69, 9.17) is 9.84 Å². The summed E-state index contributed by atoms with van der Waals surface area (Å²) >= 11 is 0. The molecule has 0 bridgehead atoms. The van der Waals surface area contributed by atoms with Crippen LogP contribution in [-0.2, 0) is 9.53 Å². The number of benzene rings is 1. The zero-order chi connectivity index (χ0) is 16.3. The summed E-state index contributed by atoms with van der Waals surface area (Å²) < 4.78 is 5.34. The van der Waals surface area contributed by atoms with Crippen molar-refractivity contribution in [1.29, 1.82) is 0 Å². The summed E-state index contributed by atoms with van der Waals surface area (Å²) in [6, 6.07) is 6.64. The lowest BCUT2D eigenvalue weighted by molar-refractivity contribution is -0.221. The number of aliphatic hydroxyl groups is 4. The van der Waals surface area contributed by atoms with E-state index in [1.165, 1.54) is 6.92 Å². The Morgan fingerprint density at radius 3 is 2.23 bits per heavy atom. The van der Waals surface area contributed by atoms with Gasteiger partial charge in [-0.15, -0.1) is 0 Å². The van der Waals surface area contributed by atoms with Gasteiger partial charge in [0.05, 0.1) is 6.61 Å². The van der Waals surface area contributed by atoms with Crippen molar-refractivity contribution in [3.63, 3.8) is 0 Å². The van der Waals surface area contributed by atoms with Crippen molar-refractivity contribution in [1.82, 2.24) is 0 Å². The van der Waals surface area contributed by atoms with E-state index in [2.05, 4.69) is 10.6 Å². The molecule has 5 atom stereocenters. The van der Waals surface area contributed by atoms with Gasteiger partial charge in [-0.05, 0) is 24.3 Å². The SMILES string of the molecule is CC(=O)Nc1ccc(N[C@H]2O[C@@H](CO)[C@@H](O)[C@@H](O)[C@@H]2O)cc1. The molecule has 0 saturated carbocycles. The first-order valence-electron chi connectivity index (χ1n) is 6.87. The van der Waals surface area contributed by atoms with Gasteiger partial charge in [-0.2, -0.15) is 0 Å². The molecular weight excluding hydrogens is 292 g/mol. The van der Waals surface area contributed by atoms with Crippen molar-refractivity contribution in [2.75, 3.05) is 17.2 Å². The number of carbonyl (C=O) groups excluding carboxylic acids is 1. The Morgan fingerprint density at radius 2 is 1.68 bits per heavy atom. The lowest BCUT2D eigenvalue weighted by atomic mass is 9.98. The molecule has 1 fully saturated rings. The fourth-order valence-electron chi connectivity index (χ4n) is 2.24. The maximum atomic E-state index is 10.9. The average molecular weight is 312 g/mol. The molecule has 1 aromatic carbocycles. The van der Waals surface area contributed by atoms with Crippen LogP contribution in [0.3, 0.4) is 0 Å². The van der Waals surface area contributed by atoms with Crippen molar-refractivity contribution >= 4 is 17.3 Å². The molecule has 1 aliphatic heterocycles. The standard InChI is InChI=1S/C14H20N2O6/c1-7(18)15-8-2-4-9(5-3-8)16-14-13(21)12(20)11(19)10(6-17)22-14/h2-5,10-14,16-17,19-21H,6H2,1H3,(H,15,18)/t10-,11+,12+,13-,14-/m0/s1. The number of carbonyl (C=O) groups is 1. The van der Waals surface area contributed by atoms with Crippen molar-refractivity contribution in [2.24, 2.45) is 0 Å². The highest BCUT2D eigenvalue weighted by Crippen LogP contribution is 2.23. The van der Waals surface area contributed by atoms with E-state index in [0.717, 1.165) is 0 Å². The smallest absolute Gasteiger partial charge is 0.221 e. The van der Waals surface area contributed by atoms with Gasteiger partial charge in [-0.3, -0.25) is 4.79 Å². The molecule has 0 aliphatic carbocycles. The van der Waals surface area contributed by atoms with E-state index >= 15 is 0 Å². The van der Waals surface area contributed by atoms with Gasteiger partial charge < -0.3 is 35.8 Å². The topological polar surface area (TPSA) is 131 Å². The second kappa shape index (κ2) is 7.03. The summed E-state index contributed by atoms with van der Waals surface area (Å²) in [5.74, 6) is -0.186. The molecule has 2 rings (SSSR count). The summed E-state index contributed by atoms with van der Waals surface area (Å²) in [5.41, 5.74) is 1.20. The van der Waals surface area contributed by atoms with Crippen molar-refractivity contribution < 1.29 is 30.0 Å². The van der Waals surface area contributed by atoms with E-state index in [1.54, 1.807) is 24.3 Å². The van der Waals surface area contributed by atoms with Gasteiger partial charge in [0.25, 0.3) is 0 Å². The second-order valence-electron chi connectivity index (χ2n) is 5.15. The molecule has 1 aliphatic rings. The summed E-state index contributed by atoms with van der Waals surface area (Å²) in [5, 5.41) is 43.9. The van der Waals surface area contributed by atoms with Crippen LogP contribution in [0.5, 0.6) is 0 Å². The molecule has 8 nitrogen and oxygen atoms in total. The summed E-state index contributed by atoms with van der Waals surface area (Å²) in [6.07, 6.45) is -6.12. The van der Waals surface area contributed by atoms with E-state index in [-0.39, 0.29) is 5.91 Å². The Balaban J connectivity index is 2.04.